The van der Waals surface area contributed by atoms with Crippen LogP contribution in [0.3, 0.4) is 0 Å². The molecule has 0 aromatic heterocycles. The number of halogens is 1. The molecule has 4 rings (SSSR count). The first-order chi connectivity index (χ1) is 14.1. The first-order valence-corrected chi connectivity index (χ1v) is 9.78. The van der Waals surface area contributed by atoms with Crippen LogP contribution in [0, 0.1) is 5.82 Å². The minimum atomic E-state index is -0.263. The third kappa shape index (κ3) is 4.57. The van der Waals surface area contributed by atoms with E-state index in [0.717, 1.165) is 35.7 Å². The summed E-state index contributed by atoms with van der Waals surface area (Å²) in [7, 11) is 0. The largest absolute Gasteiger partial charge is 0.487 e. The predicted octanol–water partition coefficient (Wildman–Crippen LogP) is 5.43. The Morgan fingerprint density at radius 3 is 2.45 bits per heavy atom. The molecule has 0 radical (unpaired) electrons. The van der Waals surface area contributed by atoms with Gasteiger partial charge in [0, 0.05) is 29.0 Å². The van der Waals surface area contributed by atoms with Gasteiger partial charge in [0.1, 0.15) is 17.7 Å². The highest BCUT2D eigenvalue weighted by molar-refractivity contribution is 5.96. The molecule has 29 heavy (non-hydrogen) atoms. The molecule has 1 fully saturated rings. The molecule has 0 atom stereocenters. The standard InChI is InChI=1S/C24H23FN2O2/c1-2-24(28)17-5-3-6-19(13-17)26-20-7-4-8-21(14-20)27-15-23(16-27)29-22-11-9-18(25)10-12-22/h3-14,23,26H,2,15-16H2,1H3. The van der Waals surface area contributed by atoms with Crippen molar-refractivity contribution in [3.63, 3.8) is 0 Å². The molecule has 0 amide bonds. The Hall–Kier alpha value is -3.34. The number of nitrogens with one attached hydrogen (secondary N) is 1. The number of hydrogen-bond acceptors (Lipinski definition) is 4. The monoisotopic (exact) mass is 390 g/mol. The Morgan fingerprint density at radius 2 is 1.72 bits per heavy atom. The van der Waals surface area contributed by atoms with Gasteiger partial charge in [-0.2, -0.15) is 0 Å². The highest BCUT2D eigenvalue weighted by Gasteiger charge is 2.28. The van der Waals surface area contributed by atoms with Gasteiger partial charge in [0.25, 0.3) is 0 Å². The van der Waals surface area contributed by atoms with Crippen LogP contribution in [0.15, 0.2) is 72.8 Å². The molecule has 0 aliphatic carbocycles. The van der Waals surface area contributed by atoms with Crippen molar-refractivity contribution in [2.45, 2.75) is 19.4 Å². The average Bonchev–Trinajstić information content (AvgIpc) is 2.71. The van der Waals surface area contributed by atoms with Crippen LogP contribution in [0.1, 0.15) is 23.7 Å². The maximum absolute atomic E-state index is 13.0. The van der Waals surface area contributed by atoms with Crippen molar-refractivity contribution in [1.82, 2.24) is 0 Å². The van der Waals surface area contributed by atoms with Gasteiger partial charge in [-0.15, -0.1) is 0 Å². The summed E-state index contributed by atoms with van der Waals surface area (Å²) in [5.74, 6) is 0.560. The normalized spacial score (nSPS) is 13.7. The molecule has 0 saturated carbocycles. The molecule has 3 aromatic carbocycles. The van der Waals surface area contributed by atoms with Crippen LogP contribution in [0.5, 0.6) is 5.75 Å². The smallest absolute Gasteiger partial charge is 0.162 e. The van der Waals surface area contributed by atoms with Crippen molar-refractivity contribution >= 4 is 22.8 Å². The van der Waals surface area contributed by atoms with E-state index in [1.807, 2.05) is 43.3 Å². The van der Waals surface area contributed by atoms with Gasteiger partial charge in [-0.05, 0) is 54.6 Å². The second-order valence-corrected chi connectivity index (χ2v) is 7.13. The Kier molecular flexibility index (Phi) is 5.47. The number of rotatable bonds is 7. The molecular weight excluding hydrogens is 367 g/mol. The van der Waals surface area contributed by atoms with Gasteiger partial charge in [0.05, 0.1) is 13.1 Å². The summed E-state index contributed by atoms with van der Waals surface area (Å²) < 4.78 is 18.9. The maximum atomic E-state index is 13.0. The van der Waals surface area contributed by atoms with Crippen LogP contribution in [0.25, 0.3) is 0 Å². The summed E-state index contributed by atoms with van der Waals surface area (Å²) in [6.45, 7) is 3.43. The number of ether oxygens (including phenoxy) is 1. The van der Waals surface area contributed by atoms with Gasteiger partial charge in [0.2, 0.25) is 0 Å². The molecule has 0 bridgehead atoms. The number of anilines is 3. The van der Waals surface area contributed by atoms with E-state index in [-0.39, 0.29) is 17.7 Å². The fourth-order valence-electron chi connectivity index (χ4n) is 3.35. The summed E-state index contributed by atoms with van der Waals surface area (Å²) >= 11 is 0. The molecular formula is C24H23FN2O2. The van der Waals surface area contributed by atoms with Gasteiger partial charge in [-0.1, -0.05) is 25.1 Å². The molecule has 1 saturated heterocycles. The van der Waals surface area contributed by atoms with Crippen LogP contribution < -0.4 is 15.0 Å². The van der Waals surface area contributed by atoms with Crippen LogP contribution in [0.2, 0.25) is 0 Å². The zero-order valence-corrected chi connectivity index (χ0v) is 16.3. The predicted molar refractivity (Wildman–Crippen MR) is 114 cm³/mol. The molecule has 1 heterocycles. The van der Waals surface area contributed by atoms with Gasteiger partial charge >= 0.3 is 0 Å². The van der Waals surface area contributed by atoms with Gasteiger partial charge in [0.15, 0.2) is 5.78 Å². The third-order valence-corrected chi connectivity index (χ3v) is 4.97. The highest BCUT2D eigenvalue weighted by Crippen LogP contribution is 2.28. The lowest BCUT2D eigenvalue weighted by Crippen LogP contribution is -2.54. The summed E-state index contributed by atoms with van der Waals surface area (Å²) in [5, 5.41) is 3.38. The van der Waals surface area contributed by atoms with Gasteiger partial charge in [-0.3, -0.25) is 4.79 Å². The SMILES string of the molecule is CCC(=O)c1cccc(Nc2cccc(N3CC(Oc4ccc(F)cc4)C3)c2)c1. The molecule has 148 valence electrons. The molecule has 0 unspecified atom stereocenters. The van der Waals surface area contributed by atoms with Crippen molar-refractivity contribution in [2.75, 3.05) is 23.3 Å². The zero-order chi connectivity index (χ0) is 20.2. The van der Waals surface area contributed by atoms with Crippen molar-refractivity contribution in [3.8, 4) is 5.75 Å². The molecule has 5 heteroatoms. The van der Waals surface area contributed by atoms with E-state index < -0.39 is 0 Å². The average molecular weight is 390 g/mol. The second kappa shape index (κ2) is 8.35. The summed E-state index contributed by atoms with van der Waals surface area (Å²) in [4.78, 5) is 14.2. The molecule has 1 N–H and O–H groups in total. The number of Topliss-reactive ketones (excluding diaryl/α,β-unsaturated/α-hetero) is 1. The number of benzene rings is 3. The van der Waals surface area contributed by atoms with E-state index in [0.29, 0.717) is 12.2 Å². The molecule has 1 aliphatic heterocycles. The minimum absolute atomic E-state index is 0.0915. The quantitative estimate of drug-likeness (QED) is 0.546. The second-order valence-electron chi connectivity index (χ2n) is 7.13. The number of carbonyl (C=O) groups is 1. The Morgan fingerprint density at radius 1 is 1.03 bits per heavy atom. The molecule has 3 aromatic rings. The summed E-state index contributed by atoms with van der Waals surface area (Å²) in [6.07, 6.45) is 0.587. The van der Waals surface area contributed by atoms with Crippen LogP contribution >= 0.6 is 0 Å². The van der Waals surface area contributed by atoms with E-state index in [1.165, 1.54) is 12.1 Å². The molecule has 4 nitrogen and oxygen atoms in total. The first-order valence-electron chi connectivity index (χ1n) is 9.78. The Balaban J connectivity index is 1.37. The molecule has 1 aliphatic rings. The topological polar surface area (TPSA) is 41.6 Å². The number of hydrogen-bond donors (Lipinski definition) is 1. The number of carbonyl (C=O) groups excluding carboxylic acids is 1. The molecule has 0 spiro atoms. The number of nitrogens with zero attached hydrogens (tertiary/aromatic N) is 1. The first kappa shape index (κ1) is 19.0. The third-order valence-electron chi connectivity index (χ3n) is 4.97. The van der Waals surface area contributed by atoms with Crippen molar-refractivity contribution in [1.29, 1.82) is 0 Å². The lowest BCUT2D eigenvalue weighted by atomic mass is 10.1. The fraction of sp³-hybridized carbons (Fsp3) is 0.208. The zero-order valence-electron chi connectivity index (χ0n) is 16.3. The van der Waals surface area contributed by atoms with Crippen LogP contribution in [-0.2, 0) is 0 Å². The van der Waals surface area contributed by atoms with E-state index in [4.69, 9.17) is 4.74 Å². The van der Waals surface area contributed by atoms with Crippen molar-refractivity contribution in [3.05, 3.63) is 84.2 Å². The number of ketones is 1. The highest BCUT2D eigenvalue weighted by atomic mass is 19.1. The van der Waals surface area contributed by atoms with E-state index in [2.05, 4.69) is 22.3 Å². The minimum Gasteiger partial charge on any atom is -0.487 e. The van der Waals surface area contributed by atoms with Crippen molar-refractivity contribution < 1.29 is 13.9 Å². The van der Waals surface area contributed by atoms with Gasteiger partial charge in [-0.25, -0.2) is 4.39 Å². The van der Waals surface area contributed by atoms with E-state index in [1.54, 1.807) is 12.1 Å². The van der Waals surface area contributed by atoms with Crippen molar-refractivity contribution in [2.24, 2.45) is 0 Å². The lowest BCUT2D eigenvalue weighted by molar-refractivity contribution is 0.0988. The van der Waals surface area contributed by atoms with E-state index >= 15 is 0 Å². The van der Waals surface area contributed by atoms with Gasteiger partial charge < -0.3 is 15.0 Å². The van der Waals surface area contributed by atoms with Crippen LogP contribution in [0.4, 0.5) is 21.5 Å². The Bertz CT molecular complexity index is 998. The van der Waals surface area contributed by atoms with Crippen LogP contribution in [-0.4, -0.2) is 25.0 Å². The Labute approximate surface area is 169 Å². The maximum Gasteiger partial charge on any atom is 0.162 e. The lowest BCUT2D eigenvalue weighted by Gasteiger charge is -2.40. The summed E-state index contributed by atoms with van der Waals surface area (Å²) in [5.41, 5.74) is 3.68. The van der Waals surface area contributed by atoms with E-state index in [9.17, 15) is 9.18 Å². The fourth-order valence-corrected chi connectivity index (χ4v) is 3.35. The summed E-state index contributed by atoms with van der Waals surface area (Å²) in [6, 6.07) is 21.9.